The molecule has 2 aliphatic rings. The summed E-state index contributed by atoms with van der Waals surface area (Å²) in [6, 6.07) is 9.68. The summed E-state index contributed by atoms with van der Waals surface area (Å²) in [7, 11) is 0. The number of hydrogen-bond acceptors (Lipinski definition) is 1. The van der Waals surface area contributed by atoms with Crippen LogP contribution in [0.15, 0.2) is 24.3 Å². The van der Waals surface area contributed by atoms with Crippen LogP contribution in [0.5, 0.6) is 0 Å². The minimum absolute atomic E-state index is 0.803. The Kier molecular flexibility index (Phi) is 1.66. The lowest BCUT2D eigenvalue weighted by Crippen LogP contribution is -2.30. The molecule has 0 amide bonds. The van der Waals surface area contributed by atoms with Gasteiger partial charge in [-0.05, 0) is 30.4 Å². The molecular weight excluding hydrogens is 158 g/mol. The molecule has 0 heterocycles. The van der Waals surface area contributed by atoms with Gasteiger partial charge >= 0.3 is 0 Å². The predicted octanol–water partition coefficient (Wildman–Crippen LogP) is 2.08. The molecule has 0 aromatic heterocycles. The second kappa shape index (κ2) is 2.85. The van der Waals surface area contributed by atoms with Crippen LogP contribution in [0.3, 0.4) is 0 Å². The van der Waals surface area contributed by atoms with Gasteiger partial charge in [-0.2, -0.15) is 0 Å². The second-order valence-electron chi connectivity index (χ2n) is 4.28. The molecular formula is C12H15N. The first-order valence-electron chi connectivity index (χ1n) is 5.24. The average Bonchev–Trinajstić information content (AvgIpc) is 2.90. The summed E-state index contributed by atoms with van der Waals surface area (Å²) >= 11 is 0. The smallest absolute Gasteiger partial charge is 0.00684 e. The van der Waals surface area contributed by atoms with E-state index >= 15 is 0 Å². The van der Waals surface area contributed by atoms with Crippen molar-refractivity contribution in [3.8, 4) is 0 Å². The van der Waals surface area contributed by atoms with Crippen molar-refractivity contribution in [1.29, 1.82) is 0 Å². The lowest BCUT2D eigenvalue weighted by Gasteiger charge is -2.30. The lowest BCUT2D eigenvalue weighted by atomic mass is 9.77. The minimum atomic E-state index is 0.803. The Balaban J connectivity index is 1.63. The van der Waals surface area contributed by atoms with Crippen molar-refractivity contribution in [3.05, 3.63) is 35.4 Å². The molecule has 68 valence electrons. The van der Waals surface area contributed by atoms with E-state index in [4.69, 9.17) is 0 Å². The van der Waals surface area contributed by atoms with Crippen molar-refractivity contribution in [2.45, 2.75) is 31.2 Å². The third-order valence-corrected chi connectivity index (χ3v) is 3.19. The Labute approximate surface area is 79.2 Å². The van der Waals surface area contributed by atoms with Gasteiger partial charge in [0.2, 0.25) is 0 Å². The van der Waals surface area contributed by atoms with Crippen LogP contribution in [0.25, 0.3) is 0 Å². The Morgan fingerprint density at radius 1 is 1.23 bits per heavy atom. The van der Waals surface area contributed by atoms with Gasteiger partial charge in [0.1, 0.15) is 0 Å². The van der Waals surface area contributed by atoms with Gasteiger partial charge in [0.05, 0.1) is 0 Å². The first-order valence-corrected chi connectivity index (χ1v) is 5.24. The Morgan fingerprint density at radius 2 is 2.08 bits per heavy atom. The molecule has 3 rings (SSSR count). The van der Waals surface area contributed by atoms with E-state index in [1.807, 2.05) is 0 Å². The molecule has 1 atom stereocenters. The molecule has 1 N–H and O–H groups in total. The third kappa shape index (κ3) is 1.37. The molecule has 1 unspecified atom stereocenters. The summed E-state index contributed by atoms with van der Waals surface area (Å²) in [4.78, 5) is 0. The molecule has 1 aromatic rings. The quantitative estimate of drug-likeness (QED) is 0.738. The van der Waals surface area contributed by atoms with Crippen LogP contribution in [-0.2, 0) is 6.42 Å². The normalized spacial score (nSPS) is 25.1. The largest absolute Gasteiger partial charge is 0.313 e. The van der Waals surface area contributed by atoms with Gasteiger partial charge in [0.25, 0.3) is 0 Å². The Morgan fingerprint density at radius 3 is 2.85 bits per heavy atom. The van der Waals surface area contributed by atoms with Crippen LogP contribution in [0, 0.1) is 0 Å². The number of benzene rings is 1. The van der Waals surface area contributed by atoms with Gasteiger partial charge in [-0.15, -0.1) is 0 Å². The molecule has 1 saturated carbocycles. The van der Waals surface area contributed by atoms with Crippen molar-refractivity contribution in [3.63, 3.8) is 0 Å². The number of rotatable bonds is 3. The molecule has 13 heavy (non-hydrogen) atoms. The van der Waals surface area contributed by atoms with E-state index in [1.165, 1.54) is 25.8 Å². The van der Waals surface area contributed by atoms with Gasteiger partial charge < -0.3 is 5.32 Å². The standard InChI is InChI=1S/C12H15N/c1-2-4-12-9(3-1)7-10(12)8-13-11-5-6-11/h1-4,10-11,13H,5-8H2. The van der Waals surface area contributed by atoms with Gasteiger partial charge in [-0.25, -0.2) is 0 Å². The van der Waals surface area contributed by atoms with Crippen LogP contribution in [-0.4, -0.2) is 12.6 Å². The van der Waals surface area contributed by atoms with Crippen LogP contribution in [0.4, 0.5) is 0 Å². The van der Waals surface area contributed by atoms with E-state index in [-0.39, 0.29) is 0 Å². The molecule has 0 radical (unpaired) electrons. The summed E-state index contributed by atoms with van der Waals surface area (Å²) in [6.45, 7) is 1.20. The van der Waals surface area contributed by atoms with E-state index in [9.17, 15) is 0 Å². The number of nitrogens with one attached hydrogen (secondary N) is 1. The van der Waals surface area contributed by atoms with E-state index in [0.29, 0.717) is 0 Å². The first-order chi connectivity index (χ1) is 6.43. The zero-order chi connectivity index (χ0) is 8.67. The van der Waals surface area contributed by atoms with Gasteiger partial charge in [-0.1, -0.05) is 24.3 Å². The maximum absolute atomic E-state index is 3.60. The molecule has 1 nitrogen and oxygen atoms in total. The van der Waals surface area contributed by atoms with Crippen molar-refractivity contribution in [1.82, 2.24) is 5.32 Å². The molecule has 1 aromatic carbocycles. The van der Waals surface area contributed by atoms with Crippen molar-refractivity contribution < 1.29 is 0 Å². The molecule has 2 aliphatic carbocycles. The van der Waals surface area contributed by atoms with E-state index in [0.717, 1.165) is 12.0 Å². The topological polar surface area (TPSA) is 12.0 Å². The van der Waals surface area contributed by atoms with Crippen LogP contribution < -0.4 is 5.32 Å². The lowest BCUT2D eigenvalue weighted by molar-refractivity contribution is 0.534. The fraction of sp³-hybridized carbons (Fsp3) is 0.500. The highest BCUT2D eigenvalue weighted by atomic mass is 14.9. The number of hydrogen-bond donors (Lipinski definition) is 1. The molecule has 0 saturated heterocycles. The predicted molar refractivity (Wildman–Crippen MR) is 53.9 cm³/mol. The zero-order valence-electron chi connectivity index (χ0n) is 7.79. The highest BCUT2D eigenvalue weighted by Gasteiger charge is 2.28. The highest BCUT2D eigenvalue weighted by Crippen LogP contribution is 2.34. The SMILES string of the molecule is c1ccc2c(c1)CC2CNC1CC1. The summed E-state index contributed by atoms with van der Waals surface area (Å²) in [6.07, 6.45) is 4.08. The molecule has 1 fully saturated rings. The second-order valence-corrected chi connectivity index (χ2v) is 4.28. The van der Waals surface area contributed by atoms with Crippen molar-refractivity contribution >= 4 is 0 Å². The average molecular weight is 173 g/mol. The van der Waals surface area contributed by atoms with Crippen molar-refractivity contribution in [2.24, 2.45) is 0 Å². The summed E-state index contributed by atoms with van der Waals surface area (Å²) < 4.78 is 0. The molecule has 1 heteroatoms. The van der Waals surface area contributed by atoms with E-state index in [2.05, 4.69) is 29.6 Å². The van der Waals surface area contributed by atoms with E-state index in [1.54, 1.807) is 11.1 Å². The Hall–Kier alpha value is -0.820. The Bertz CT molecular complexity index is 315. The molecule has 0 spiro atoms. The van der Waals surface area contributed by atoms with Gasteiger partial charge in [-0.3, -0.25) is 0 Å². The van der Waals surface area contributed by atoms with Gasteiger partial charge in [0.15, 0.2) is 0 Å². The summed E-state index contributed by atoms with van der Waals surface area (Å²) in [5, 5.41) is 3.60. The molecule has 0 aliphatic heterocycles. The fourth-order valence-corrected chi connectivity index (χ4v) is 2.14. The van der Waals surface area contributed by atoms with Crippen LogP contribution in [0.1, 0.15) is 29.9 Å². The maximum atomic E-state index is 3.60. The van der Waals surface area contributed by atoms with Gasteiger partial charge in [0, 0.05) is 18.5 Å². The van der Waals surface area contributed by atoms with Crippen LogP contribution in [0.2, 0.25) is 0 Å². The molecule has 0 bridgehead atoms. The minimum Gasteiger partial charge on any atom is -0.313 e. The first kappa shape index (κ1) is 7.57. The van der Waals surface area contributed by atoms with Crippen molar-refractivity contribution in [2.75, 3.05) is 6.54 Å². The number of fused-ring (bicyclic) bond motifs is 1. The monoisotopic (exact) mass is 173 g/mol. The third-order valence-electron chi connectivity index (χ3n) is 3.19. The maximum Gasteiger partial charge on any atom is 0.00684 e. The summed E-state index contributed by atoms with van der Waals surface area (Å²) in [5.41, 5.74) is 3.14. The van der Waals surface area contributed by atoms with E-state index < -0.39 is 0 Å². The zero-order valence-corrected chi connectivity index (χ0v) is 7.79. The van der Waals surface area contributed by atoms with Crippen LogP contribution >= 0.6 is 0 Å². The summed E-state index contributed by atoms with van der Waals surface area (Å²) in [5.74, 6) is 0.803. The highest BCUT2D eigenvalue weighted by molar-refractivity contribution is 5.40. The fourth-order valence-electron chi connectivity index (χ4n) is 2.14.